The van der Waals surface area contributed by atoms with Crippen molar-refractivity contribution in [3.63, 3.8) is 0 Å². The maximum atomic E-state index is 10.3. The lowest BCUT2D eigenvalue weighted by Gasteiger charge is -2.07. The number of aliphatic hydroxyl groups is 1. The number of hydrogen-bond acceptors (Lipinski definition) is 2. The second-order valence-corrected chi connectivity index (χ2v) is 2.39. The number of aliphatic hydroxyl groups excluding tert-OH is 1. The average molecular weight is 131 g/mol. The lowest BCUT2D eigenvalue weighted by molar-refractivity contribution is -0.122. The molecule has 0 aliphatic heterocycles. The van der Waals surface area contributed by atoms with Crippen LogP contribution in [0.2, 0.25) is 0 Å². The molecule has 0 saturated heterocycles. The van der Waals surface area contributed by atoms with Crippen LogP contribution >= 0.6 is 0 Å². The van der Waals surface area contributed by atoms with Gasteiger partial charge in [-0.1, -0.05) is 6.92 Å². The van der Waals surface area contributed by atoms with Gasteiger partial charge in [-0.2, -0.15) is 0 Å². The fourth-order valence-corrected chi connectivity index (χ4v) is 0.628. The van der Waals surface area contributed by atoms with Crippen LogP contribution in [0.15, 0.2) is 0 Å². The van der Waals surface area contributed by atoms with E-state index in [1.807, 2.05) is 0 Å². The zero-order valence-corrected chi connectivity index (χ0v) is 5.79. The second kappa shape index (κ2) is 3.45. The Hall–Kier alpha value is -0.570. The fourth-order valence-electron chi connectivity index (χ4n) is 0.628. The molecule has 0 aromatic carbocycles. The monoisotopic (exact) mass is 131 g/mol. The summed E-state index contributed by atoms with van der Waals surface area (Å²) in [5.74, 6) is -0.569. The van der Waals surface area contributed by atoms with Crippen molar-refractivity contribution in [3.05, 3.63) is 0 Å². The molecule has 0 heterocycles. The number of primary amides is 1. The van der Waals surface area contributed by atoms with E-state index < -0.39 is 6.10 Å². The Morgan fingerprint density at radius 1 is 1.67 bits per heavy atom. The molecule has 0 radical (unpaired) electrons. The van der Waals surface area contributed by atoms with Crippen LogP contribution in [0.25, 0.3) is 0 Å². The highest BCUT2D eigenvalue weighted by molar-refractivity contribution is 5.76. The molecule has 1 unspecified atom stereocenters. The number of rotatable bonds is 3. The highest BCUT2D eigenvalue weighted by Crippen LogP contribution is 2.03. The summed E-state index contributed by atoms with van der Waals surface area (Å²) in [7, 11) is 0. The molecule has 9 heavy (non-hydrogen) atoms. The van der Waals surface area contributed by atoms with Crippen molar-refractivity contribution in [3.8, 4) is 0 Å². The Morgan fingerprint density at radius 3 is 2.22 bits per heavy atom. The normalized spacial score (nSPS) is 16.8. The van der Waals surface area contributed by atoms with Crippen LogP contribution in [-0.4, -0.2) is 17.1 Å². The highest BCUT2D eigenvalue weighted by Gasteiger charge is 2.10. The molecule has 0 saturated carbocycles. The predicted molar refractivity (Wildman–Crippen MR) is 34.7 cm³/mol. The molecular formula is C6H13NO2. The number of amides is 1. The van der Waals surface area contributed by atoms with Crippen molar-refractivity contribution in [2.75, 3.05) is 0 Å². The minimum Gasteiger partial charge on any atom is -0.393 e. The molecule has 0 aromatic rings. The Labute approximate surface area is 54.9 Å². The minimum absolute atomic E-state index is 0.218. The molecule has 0 bridgehead atoms. The molecule has 54 valence electrons. The number of nitrogens with two attached hydrogens (primary N) is 1. The fraction of sp³-hybridized carbons (Fsp3) is 0.833. The number of carbonyl (C=O) groups is 1. The van der Waals surface area contributed by atoms with Gasteiger partial charge in [0.25, 0.3) is 0 Å². The summed E-state index contributed by atoms with van der Waals surface area (Å²) in [6.07, 6.45) is 0.0162. The van der Waals surface area contributed by atoms with E-state index in [4.69, 9.17) is 10.8 Å². The van der Waals surface area contributed by atoms with Crippen molar-refractivity contribution in [2.45, 2.75) is 26.4 Å². The van der Waals surface area contributed by atoms with E-state index in [-0.39, 0.29) is 11.8 Å². The standard InChI is InChI=1S/C6H13NO2/c1-4(6(7)9)3-5(2)8/h4-5,8H,3H2,1-2H3,(H2,7,9)/t4?,5-/m1/s1. The van der Waals surface area contributed by atoms with Gasteiger partial charge in [0.15, 0.2) is 0 Å². The van der Waals surface area contributed by atoms with Crippen molar-refractivity contribution in [1.29, 1.82) is 0 Å². The second-order valence-electron chi connectivity index (χ2n) is 2.39. The van der Waals surface area contributed by atoms with E-state index in [1.54, 1.807) is 13.8 Å². The molecule has 0 fully saturated rings. The lowest BCUT2D eigenvalue weighted by atomic mass is 10.0. The summed E-state index contributed by atoms with van der Waals surface area (Å²) in [6.45, 7) is 3.34. The van der Waals surface area contributed by atoms with Gasteiger partial charge in [-0.15, -0.1) is 0 Å². The first-order valence-corrected chi connectivity index (χ1v) is 3.01. The lowest BCUT2D eigenvalue weighted by Crippen LogP contribution is -2.23. The summed E-state index contributed by atoms with van der Waals surface area (Å²) in [5.41, 5.74) is 4.93. The Bertz CT molecular complexity index is 101. The topological polar surface area (TPSA) is 63.3 Å². The first kappa shape index (κ1) is 8.43. The van der Waals surface area contributed by atoms with Gasteiger partial charge in [0.05, 0.1) is 6.10 Å². The van der Waals surface area contributed by atoms with Gasteiger partial charge in [0, 0.05) is 5.92 Å². The van der Waals surface area contributed by atoms with Crippen LogP contribution in [0.4, 0.5) is 0 Å². The molecule has 0 aromatic heterocycles. The van der Waals surface area contributed by atoms with Crippen LogP contribution in [0, 0.1) is 5.92 Å². The van der Waals surface area contributed by atoms with Gasteiger partial charge in [0.1, 0.15) is 0 Å². The molecule has 1 amide bonds. The maximum absolute atomic E-state index is 10.3. The number of hydrogen-bond donors (Lipinski definition) is 2. The average Bonchev–Trinajstić information content (AvgIpc) is 1.63. The molecule has 0 spiro atoms. The van der Waals surface area contributed by atoms with Crippen molar-refractivity contribution < 1.29 is 9.90 Å². The van der Waals surface area contributed by atoms with Crippen molar-refractivity contribution >= 4 is 5.91 Å². The zero-order chi connectivity index (χ0) is 7.44. The van der Waals surface area contributed by atoms with Crippen molar-refractivity contribution in [2.24, 2.45) is 11.7 Å². The smallest absolute Gasteiger partial charge is 0.220 e. The van der Waals surface area contributed by atoms with E-state index in [0.29, 0.717) is 6.42 Å². The Morgan fingerprint density at radius 2 is 2.11 bits per heavy atom. The first-order valence-electron chi connectivity index (χ1n) is 3.01. The van der Waals surface area contributed by atoms with Crippen LogP contribution < -0.4 is 5.73 Å². The summed E-state index contributed by atoms with van der Waals surface area (Å²) in [4.78, 5) is 10.3. The Kier molecular flexibility index (Phi) is 3.24. The van der Waals surface area contributed by atoms with Gasteiger partial charge >= 0.3 is 0 Å². The van der Waals surface area contributed by atoms with Gasteiger partial charge in [0.2, 0.25) is 5.91 Å². The van der Waals surface area contributed by atoms with E-state index in [9.17, 15) is 4.79 Å². The van der Waals surface area contributed by atoms with E-state index >= 15 is 0 Å². The zero-order valence-electron chi connectivity index (χ0n) is 5.79. The maximum Gasteiger partial charge on any atom is 0.220 e. The number of carbonyl (C=O) groups excluding carboxylic acids is 1. The molecule has 3 nitrogen and oxygen atoms in total. The quantitative estimate of drug-likeness (QED) is 0.560. The molecule has 2 atom stereocenters. The van der Waals surface area contributed by atoms with E-state index in [0.717, 1.165) is 0 Å². The Balaban J connectivity index is 3.50. The third-order valence-corrected chi connectivity index (χ3v) is 1.18. The van der Waals surface area contributed by atoms with Crippen LogP contribution in [0.1, 0.15) is 20.3 Å². The van der Waals surface area contributed by atoms with E-state index in [2.05, 4.69) is 0 Å². The molecule has 0 aliphatic carbocycles. The van der Waals surface area contributed by atoms with Crippen LogP contribution in [0.3, 0.4) is 0 Å². The largest absolute Gasteiger partial charge is 0.393 e. The van der Waals surface area contributed by atoms with Crippen LogP contribution in [-0.2, 0) is 4.79 Å². The van der Waals surface area contributed by atoms with Gasteiger partial charge in [-0.25, -0.2) is 0 Å². The third-order valence-electron chi connectivity index (χ3n) is 1.18. The summed E-state index contributed by atoms with van der Waals surface area (Å²) >= 11 is 0. The van der Waals surface area contributed by atoms with Gasteiger partial charge in [-0.3, -0.25) is 4.79 Å². The highest BCUT2D eigenvalue weighted by atomic mass is 16.3. The van der Waals surface area contributed by atoms with Crippen LogP contribution in [0.5, 0.6) is 0 Å². The minimum atomic E-state index is -0.438. The summed E-state index contributed by atoms with van der Waals surface area (Å²) < 4.78 is 0. The van der Waals surface area contributed by atoms with E-state index in [1.165, 1.54) is 0 Å². The predicted octanol–water partition coefficient (Wildman–Crippen LogP) is -0.121. The molecule has 0 rings (SSSR count). The van der Waals surface area contributed by atoms with Gasteiger partial charge in [-0.05, 0) is 13.3 Å². The van der Waals surface area contributed by atoms with Crippen molar-refractivity contribution in [1.82, 2.24) is 0 Å². The third kappa shape index (κ3) is 3.97. The summed E-state index contributed by atoms with van der Waals surface area (Å²) in [5, 5.41) is 8.76. The SMILES string of the molecule is CC(C[C@@H](C)O)C(N)=O. The first-order chi connectivity index (χ1) is 4.04. The molecule has 3 heteroatoms. The molecule has 0 aliphatic rings. The van der Waals surface area contributed by atoms with Gasteiger partial charge < -0.3 is 10.8 Å². The molecule has 3 N–H and O–H groups in total. The molecular weight excluding hydrogens is 118 g/mol. The summed E-state index contributed by atoms with van der Waals surface area (Å²) in [6, 6.07) is 0.